The van der Waals surface area contributed by atoms with Crippen molar-refractivity contribution in [3.8, 4) is 0 Å². The summed E-state index contributed by atoms with van der Waals surface area (Å²) < 4.78 is 0. The van der Waals surface area contributed by atoms with Crippen LogP contribution in [0, 0.1) is 6.92 Å². The molecule has 0 amide bonds. The van der Waals surface area contributed by atoms with E-state index in [1.807, 2.05) is 13.0 Å². The molecule has 0 saturated carbocycles. The molecule has 1 aliphatic heterocycles. The van der Waals surface area contributed by atoms with Crippen LogP contribution in [0.25, 0.3) is 0 Å². The van der Waals surface area contributed by atoms with Crippen LogP contribution in [-0.4, -0.2) is 12.2 Å². The monoisotopic (exact) mass is 281 g/mol. The molecule has 3 rings (SSSR count). The Morgan fingerprint density at radius 2 is 1.71 bits per heavy atom. The summed E-state index contributed by atoms with van der Waals surface area (Å²) in [5.41, 5.74) is 5.66. The molecule has 2 nitrogen and oxygen atoms in total. The highest BCUT2D eigenvalue weighted by atomic mass is 16.3. The molecule has 2 aromatic rings. The average molecular weight is 281 g/mol. The van der Waals surface area contributed by atoms with Gasteiger partial charge in [0.1, 0.15) is 5.60 Å². The van der Waals surface area contributed by atoms with Gasteiger partial charge in [-0.05, 0) is 43.0 Å². The van der Waals surface area contributed by atoms with E-state index >= 15 is 0 Å². The maximum atomic E-state index is 11.2. The SMILES string of the molecule is Cc1ccc2c(c1)N(C)c1ccc(C(C)C)cc1C2(C)O. The van der Waals surface area contributed by atoms with E-state index in [4.69, 9.17) is 0 Å². The summed E-state index contributed by atoms with van der Waals surface area (Å²) in [4.78, 5) is 2.18. The second-order valence-electron chi connectivity index (χ2n) is 6.58. The molecular weight excluding hydrogens is 258 g/mol. The summed E-state index contributed by atoms with van der Waals surface area (Å²) in [6, 6.07) is 12.7. The highest BCUT2D eigenvalue weighted by Crippen LogP contribution is 2.47. The zero-order chi connectivity index (χ0) is 15.4. The molecule has 1 N–H and O–H groups in total. The van der Waals surface area contributed by atoms with Crippen molar-refractivity contribution in [2.75, 3.05) is 11.9 Å². The second kappa shape index (κ2) is 4.60. The molecule has 21 heavy (non-hydrogen) atoms. The number of aliphatic hydroxyl groups is 1. The predicted octanol–water partition coefficient (Wildman–Crippen LogP) is 4.46. The van der Waals surface area contributed by atoms with E-state index < -0.39 is 5.60 Å². The molecule has 2 heteroatoms. The maximum Gasteiger partial charge on any atom is 0.116 e. The molecule has 0 spiro atoms. The van der Waals surface area contributed by atoms with E-state index in [-0.39, 0.29) is 0 Å². The van der Waals surface area contributed by atoms with Gasteiger partial charge in [0.05, 0.1) is 0 Å². The Bertz CT molecular complexity index is 701. The zero-order valence-electron chi connectivity index (χ0n) is 13.4. The first-order chi connectivity index (χ1) is 9.82. The first-order valence-corrected chi connectivity index (χ1v) is 7.54. The van der Waals surface area contributed by atoms with Crippen LogP contribution in [0.3, 0.4) is 0 Å². The van der Waals surface area contributed by atoms with Gasteiger partial charge in [-0.1, -0.05) is 38.1 Å². The fraction of sp³-hybridized carbons (Fsp3) is 0.368. The standard InChI is InChI=1S/C19H23NO/c1-12(2)14-7-9-17-16(11-14)19(4,21)15-8-6-13(3)10-18(15)20(17)5/h6-12,21H,1-5H3. The van der Waals surface area contributed by atoms with E-state index in [2.05, 4.69) is 63.1 Å². The molecule has 1 atom stereocenters. The van der Waals surface area contributed by atoms with E-state index in [9.17, 15) is 5.11 Å². The molecule has 0 bridgehead atoms. The van der Waals surface area contributed by atoms with E-state index in [1.54, 1.807) is 0 Å². The fourth-order valence-electron chi connectivity index (χ4n) is 3.20. The van der Waals surface area contributed by atoms with Gasteiger partial charge in [-0.25, -0.2) is 0 Å². The summed E-state index contributed by atoms with van der Waals surface area (Å²) in [5, 5.41) is 11.2. The van der Waals surface area contributed by atoms with Gasteiger partial charge in [0.2, 0.25) is 0 Å². The van der Waals surface area contributed by atoms with Crippen molar-refractivity contribution >= 4 is 11.4 Å². The molecule has 0 aromatic heterocycles. The van der Waals surface area contributed by atoms with Gasteiger partial charge in [0.15, 0.2) is 0 Å². The molecule has 0 saturated heterocycles. The predicted molar refractivity (Wildman–Crippen MR) is 88.4 cm³/mol. The minimum atomic E-state index is -0.949. The molecule has 110 valence electrons. The van der Waals surface area contributed by atoms with Crippen molar-refractivity contribution in [3.63, 3.8) is 0 Å². The quantitative estimate of drug-likeness (QED) is 0.834. The average Bonchev–Trinajstić information content (AvgIpc) is 2.44. The number of nitrogens with zero attached hydrogens (tertiary/aromatic N) is 1. The molecule has 1 unspecified atom stereocenters. The number of hydrogen-bond acceptors (Lipinski definition) is 2. The molecular formula is C19H23NO. The lowest BCUT2D eigenvalue weighted by molar-refractivity contribution is 0.101. The number of rotatable bonds is 1. The topological polar surface area (TPSA) is 23.5 Å². The Morgan fingerprint density at radius 3 is 2.38 bits per heavy atom. The lowest BCUT2D eigenvalue weighted by Gasteiger charge is -2.39. The van der Waals surface area contributed by atoms with Crippen molar-refractivity contribution in [2.45, 2.75) is 39.2 Å². The van der Waals surface area contributed by atoms with E-state index in [0.717, 1.165) is 22.5 Å². The van der Waals surface area contributed by atoms with Crippen LogP contribution in [0.5, 0.6) is 0 Å². The van der Waals surface area contributed by atoms with Gasteiger partial charge >= 0.3 is 0 Å². The second-order valence-corrected chi connectivity index (χ2v) is 6.58. The summed E-state index contributed by atoms with van der Waals surface area (Å²) in [7, 11) is 2.07. The normalized spacial score (nSPS) is 20.4. The van der Waals surface area contributed by atoms with Crippen LogP contribution in [0.15, 0.2) is 36.4 Å². The largest absolute Gasteiger partial charge is 0.381 e. The van der Waals surface area contributed by atoms with Gasteiger partial charge in [-0.15, -0.1) is 0 Å². The summed E-state index contributed by atoms with van der Waals surface area (Å²) in [6.45, 7) is 8.35. The van der Waals surface area contributed by atoms with Gasteiger partial charge in [-0.3, -0.25) is 0 Å². The lowest BCUT2D eigenvalue weighted by atomic mass is 9.80. The van der Waals surface area contributed by atoms with Crippen LogP contribution in [0.1, 0.15) is 48.9 Å². The molecule has 1 heterocycles. The highest BCUT2D eigenvalue weighted by Gasteiger charge is 2.37. The van der Waals surface area contributed by atoms with Gasteiger partial charge in [0.25, 0.3) is 0 Å². The van der Waals surface area contributed by atoms with Crippen LogP contribution in [-0.2, 0) is 5.60 Å². The maximum absolute atomic E-state index is 11.2. The zero-order valence-corrected chi connectivity index (χ0v) is 13.4. The Hall–Kier alpha value is -1.80. The number of aryl methyl sites for hydroxylation is 1. The highest BCUT2D eigenvalue weighted by molar-refractivity contribution is 5.77. The minimum absolute atomic E-state index is 0.454. The molecule has 1 aliphatic rings. The van der Waals surface area contributed by atoms with Crippen molar-refractivity contribution in [1.29, 1.82) is 0 Å². The van der Waals surface area contributed by atoms with Gasteiger partial charge in [-0.2, -0.15) is 0 Å². The molecule has 2 aromatic carbocycles. The number of benzene rings is 2. The third-order valence-electron chi connectivity index (χ3n) is 4.61. The van der Waals surface area contributed by atoms with Gasteiger partial charge in [0, 0.05) is 29.5 Å². The fourth-order valence-corrected chi connectivity index (χ4v) is 3.20. The Labute approximate surface area is 127 Å². The Kier molecular flexibility index (Phi) is 3.10. The molecule has 0 aliphatic carbocycles. The van der Waals surface area contributed by atoms with E-state index in [1.165, 1.54) is 11.1 Å². The third kappa shape index (κ3) is 2.06. The van der Waals surface area contributed by atoms with Crippen molar-refractivity contribution in [1.82, 2.24) is 0 Å². The molecule has 0 radical (unpaired) electrons. The Balaban J connectivity index is 2.26. The number of fused-ring (bicyclic) bond motifs is 2. The first kappa shape index (κ1) is 14.2. The lowest BCUT2D eigenvalue weighted by Crippen LogP contribution is -2.33. The first-order valence-electron chi connectivity index (χ1n) is 7.54. The van der Waals surface area contributed by atoms with Crippen molar-refractivity contribution < 1.29 is 5.11 Å². The summed E-state index contributed by atoms with van der Waals surface area (Å²) in [5.74, 6) is 0.454. The van der Waals surface area contributed by atoms with Crippen LogP contribution in [0.4, 0.5) is 11.4 Å². The van der Waals surface area contributed by atoms with E-state index in [0.29, 0.717) is 5.92 Å². The summed E-state index contributed by atoms with van der Waals surface area (Å²) in [6.07, 6.45) is 0. The minimum Gasteiger partial charge on any atom is -0.381 e. The smallest absolute Gasteiger partial charge is 0.116 e. The van der Waals surface area contributed by atoms with Gasteiger partial charge < -0.3 is 10.0 Å². The Morgan fingerprint density at radius 1 is 1.00 bits per heavy atom. The summed E-state index contributed by atoms with van der Waals surface area (Å²) >= 11 is 0. The number of anilines is 2. The van der Waals surface area contributed by atoms with Crippen molar-refractivity contribution in [2.24, 2.45) is 0 Å². The van der Waals surface area contributed by atoms with Crippen LogP contribution in [0.2, 0.25) is 0 Å². The van der Waals surface area contributed by atoms with Crippen LogP contribution < -0.4 is 4.90 Å². The van der Waals surface area contributed by atoms with Crippen LogP contribution >= 0.6 is 0 Å². The number of hydrogen-bond donors (Lipinski definition) is 1. The molecule has 0 fully saturated rings. The van der Waals surface area contributed by atoms with Crippen molar-refractivity contribution in [3.05, 3.63) is 58.7 Å². The third-order valence-corrected chi connectivity index (χ3v) is 4.61.